The highest BCUT2D eigenvalue weighted by Gasteiger charge is 2.31. The van der Waals surface area contributed by atoms with Crippen molar-refractivity contribution in [3.05, 3.63) is 41.1 Å². The van der Waals surface area contributed by atoms with Gasteiger partial charge >= 0.3 is 6.03 Å². The van der Waals surface area contributed by atoms with Crippen molar-refractivity contribution < 1.29 is 14.3 Å². The second kappa shape index (κ2) is 6.51. The van der Waals surface area contributed by atoms with Gasteiger partial charge in [0.05, 0.1) is 18.2 Å². The molecule has 0 aromatic heterocycles. The molecule has 2 N–H and O–H groups in total. The van der Waals surface area contributed by atoms with Crippen molar-refractivity contribution in [2.45, 2.75) is 19.9 Å². The van der Waals surface area contributed by atoms with Crippen LogP contribution in [0.5, 0.6) is 5.75 Å². The summed E-state index contributed by atoms with van der Waals surface area (Å²) in [5.41, 5.74) is 1.94. The number of allylic oxidation sites excluding steroid dienone is 1. The summed E-state index contributed by atoms with van der Waals surface area (Å²) < 4.78 is 5.42. The maximum Gasteiger partial charge on any atom is 0.319 e. The van der Waals surface area contributed by atoms with Crippen molar-refractivity contribution in [3.63, 3.8) is 0 Å². The number of nitrogens with one attached hydrogen (secondary N) is 2. The van der Waals surface area contributed by atoms with Crippen LogP contribution < -0.4 is 15.4 Å². The van der Waals surface area contributed by atoms with Gasteiger partial charge in [0.25, 0.3) is 5.91 Å². The lowest BCUT2D eigenvalue weighted by Gasteiger charge is -2.30. The van der Waals surface area contributed by atoms with Crippen LogP contribution in [0.15, 0.2) is 35.5 Å². The van der Waals surface area contributed by atoms with Crippen molar-refractivity contribution in [1.82, 2.24) is 15.5 Å². The van der Waals surface area contributed by atoms with E-state index in [9.17, 15) is 9.59 Å². The lowest BCUT2D eigenvalue weighted by atomic mass is 9.94. The van der Waals surface area contributed by atoms with Gasteiger partial charge in [-0.2, -0.15) is 0 Å². The predicted molar refractivity (Wildman–Crippen MR) is 83.4 cm³/mol. The molecule has 0 unspecified atom stereocenters. The molecule has 22 heavy (non-hydrogen) atoms. The van der Waals surface area contributed by atoms with Crippen LogP contribution in [0.4, 0.5) is 4.79 Å². The molecule has 0 fully saturated rings. The monoisotopic (exact) mass is 303 g/mol. The van der Waals surface area contributed by atoms with Gasteiger partial charge in [-0.25, -0.2) is 4.79 Å². The first kappa shape index (κ1) is 15.9. The van der Waals surface area contributed by atoms with E-state index in [0.717, 1.165) is 11.3 Å². The molecule has 118 valence electrons. The molecule has 3 amide bonds. The van der Waals surface area contributed by atoms with E-state index in [1.807, 2.05) is 31.2 Å². The first-order chi connectivity index (χ1) is 10.4. The summed E-state index contributed by atoms with van der Waals surface area (Å²) in [4.78, 5) is 25.7. The van der Waals surface area contributed by atoms with E-state index in [1.54, 1.807) is 21.0 Å². The molecular weight excluding hydrogens is 282 g/mol. The van der Waals surface area contributed by atoms with E-state index in [0.29, 0.717) is 17.9 Å². The maximum atomic E-state index is 12.4. The summed E-state index contributed by atoms with van der Waals surface area (Å²) in [6.07, 6.45) is 0. The quantitative estimate of drug-likeness (QED) is 0.891. The summed E-state index contributed by atoms with van der Waals surface area (Å²) in [5.74, 6) is 0.622. The molecule has 1 aromatic carbocycles. The van der Waals surface area contributed by atoms with Crippen LogP contribution in [0.3, 0.4) is 0 Å². The fourth-order valence-corrected chi connectivity index (χ4v) is 2.39. The Balaban J connectivity index is 2.39. The fraction of sp³-hybridized carbons (Fsp3) is 0.375. The number of benzene rings is 1. The number of nitrogens with zero attached hydrogens (tertiary/aromatic N) is 1. The van der Waals surface area contributed by atoms with Gasteiger partial charge in [-0.05, 0) is 31.5 Å². The number of hydrogen-bond acceptors (Lipinski definition) is 3. The zero-order chi connectivity index (χ0) is 16.3. The summed E-state index contributed by atoms with van der Waals surface area (Å²) in [6, 6.07) is 6.60. The number of ether oxygens (including phenoxy) is 1. The minimum absolute atomic E-state index is 0.135. The predicted octanol–water partition coefficient (Wildman–Crippen LogP) is 1.80. The van der Waals surface area contributed by atoms with Crippen molar-refractivity contribution in [3.8, 4) is 5.75 Å². The molecule has 1 atom stereocenters. The maximum absolute atomic E-state index is 12.4. The van der Waals surface area contributed by atoms with Gasteiger partial charge in [0.15, 0.2) is 0 Å². The summed E-state index contributed by atoms with van der Waals surface area (Å²) in [5, 5.41) is 5.46. The molecule has 0 spiro atoms. The van der Waals surface area contributed by atoms with Crippen molar-refractivity contribution in [1.29, 1.82) is 0 Å². The van der Waals surface area contributed by atoms with Gasteiger partial charge in [-0.15, -0.1) is 0 Å². The van der Waals surface area contributed by atoms with Gasteiger partial charge in [-0.1, -0.05) is 12.1 Å². The van der Waals surface area contributed by atoms with Crippen LogP contribution >= 0.6 is 0 Å². The molecule has 6 heteroatoms. The molecule has 0 aliphatic carbocycles. The first-order valence-electron chi connectivity index (χ1n) is 7.16. The van der Waals surface area contributed by atoms with E-state index < -0.39 is 6.04 Å². The number of hydrogen-bond donors (Lipinski definition) is 2. The third-order valence-corrected chi connectivity index (χ3v) is 3.43. The normalized spacial score (nSPS) is 17.6. The molecule has 0 saturated heterocycles. The Labute approximate surface area is 130 Å². The molecule has 1 aliphatic heterocycles. The van der Waals surface area contributed by atoms with Crippen molar-refractivity contribution >= 4 is 11.9 Å². The summed E-state index contributed by atoms with van der Waals surface area (Å²) in [7, 11) is 3.38. The Morgan fingerprint density at radius 1 is 1.27 bits per heavy atom. The van der Waals surface area contributed by atoms with Crippen LogP contribution in [-0.2, 0) is 4.79 Å². The molecule has 6 nitrogen and oxygen atoms in total. The van der Waals surface area contributed by atoms with E-state index in [1.165, 1.54) is 4.90 Å². The lowest BCUT2D eigenvalue weighted by molar-refractivity contribution is -0.125. The summed E-state index contributed by atoms with van der Waals surface area (Å²) >= 11 is 0. The lowest BCUT2D eigenvalue weighted by Crippen LogP contribution is -2.46. The Kier molecular flexibility index (Phi) is 4.70. The largest absolute Gasteiger partial charge is 0.494 e. The van der Waals surface area contributed by atoms with Crippen LogP contribution in [-0.4, -0.2) is 37.5 Å². The number of carbonyl (C=O) groups is 2. The minimum atomic E-state index is -0.473. The third-order valence-electron chi connectivity index (χ3n) is 3.43. The SMILES string of the molecule is CCOc1ccc([C@@H]2NC(=O)NC(C)=C2C(=O)N(C)C)cc1. The number of carbonyl (C=O) groups excluding carboxylic acids is 2. The van der Waals surface area contributed by atoms with E-state index >= 15 is 0 Å². The molecule has 1 aromatic rings. The zero-order valence-electron chi connectivity index (χ0n) is 13.3. The van der Waals surface area contributed by atoms with Gasteiger partial charge in [0, 0.05) is 19.8 Å². The second-order valence-electron chi connectivity index (χ2n) is 5.27. The number of amides is 3. The third kappa shape index (κ3) is 3.21. The first-order valence-corrected chi connectivity index (χ1v) is 7.16. The van der Waals surface area contributed by atoms with Gasteiger partial charge in [0.2, 0.25) is 0 Å². The average molecular weight is 303 g/mol. The standard InChI is InChI=1S/C16H21N3O3/c1-5-22-12-8-6-11(7-9-12)14-13(15(20)19(3)4)10(2)17-16(21)18-14/h6-9,14H,5H2,1-4H3,(H2,17,18,21)/t14-/m0/s1. The number of urea groups is 1. The van der Waals surface area contributed by atoms with E-state index in [-0.39, 0.29) is 11.9 Å². The molecule has 0 radical (unpaired) electrons. The Morgan fingerprint density at radius 2 is 1.91 bits per heavy atom. The van der Waals surface area contributed by atoms with Gasteiger partial charge < -0.3 is 20.3 Å². The van der Waals surface area contributed by atoms with Gasteiger partial charge in [-0.3, -0.25) is 4.79 Å². The molecule has 1 heterocycles. The molecular formula is C16H21N3O3. The van der Waals surface area contributed by atoms with E-state index in [4.69, 9.17) is 4.74 Å². The minimum Gasteiger partial charge on any atom is -0.494 e. The average Bonchev–Trinajstić information content (AvgIpc) is 2.47. The van der Waals surface area contributed by atoms with Crippen LogP contribution in [0, 0.1) is 0 Å². The highest BCUT2D eigenvalue weighted by Crippen LogP contribution is 2.28. The topological polar surface area (TPSA) is 70.7 Å². The van der Waals surface area contributed by atoms with Crippen molar-refractivity contribution in [2.75, 3.05) is 20.7 Å². The highest BCUT2D eigenvalue weighted by molar-refractivity contribution is 5.98. The Morgan fingerprint density at radius 3 is 2.45 bits per heavy atom. The molecule has 0 bridgehead atoms. The van der Waals surface area contributed by atoms with Crippen molar-refractivity contribution in [2.24, 2.45) is 0 Å². The van der Waals surface area contributed by atoms with Gasteiger partial charge in [0.1, 0.15) is 5.75 Å². The highest BCUT2D eigenvalue weighted by atomic mass is 16.5. The number of rotatable bonds is 4. The second-order valence-corrected chi connectivity index (χ2v) is 5.27. The van der Waals surface area contributed by atoms with Crippen LogP contribution in [0.25, 0.3) is 0 Å². The zero-order valence-corrected chi connectivity index (χ0v) is 13.3. The Bertz CT molecular complexity index is 606. The Hall–Kier alpha value is -2.50. The van der Waals surface area contributed by atoms with E-state index in [2.05, 4.69) is 10.6 Å². The fourth-order valence-electron chi connectivity index (χ4n) is 2.39. The summed E-state index contributed by atoms with van der Waals surface area (Å²) in [6.45, 7) is 4.24. The van der Waals surface area contributed by atoms with Crippen LogP contribution in [0.2, 0.25) is 0 Å². The number of likely N-dealkylation sites (N-methyl/N-ethyl adjacent to an activating group) is 1. The molecule has 0 saturated carbocycles. The molecule has 1 aliphatic rings. The van der Waals surface area contributed by atoms with Crippen LogP contribution in [0.1, 0.15) is 25.5 Å². The molecule has 2 rings (SSSR count). The smallest absolute Gasteiger partial charge is 0.319 e.